The summed E-state index contributed by atoms with van der Waals surface area (Å²) < 4.78 is 4.95. The van der Waals surface area contributed by atoms with Gasteiger partial charge in [-0.3, -0.25) is 0 Å². The molecule has 534 valence electrons. The minimum absolute atomic E-state index is 0.556. The predicted octanol–water partition coefficient (Wildman–Crippen LogP) is 26.7. The molecule has 8 nitrogen and oxygen atoms in total. The second kappa shape index (κ2) is 28.2. The Balaban J connectivity index is 0.884. The summed E-state index contributed by atoms with van der Waals surface area (Å²) in [5, 5.41) is 4.61. The Morgan fingerprint density at radius 1 is 0.170 bits per heavy atom. The Bertz CT molecular complexity index is 6210. The summed E-state index contributed by atoms with van der Waals surface area (Å²) in [6, 6.07) is 119. The second-order valence-corrected chi connectivity index (χ2v) is 30.0. The monoisotopic (exact) mass is 1440 g/mol. The SMILES string of the molecule is Cc1ccc(-c2ccc3c(c2)c2cc(-c4ccc(C)cc4C)ccc2n3-c2ccc(-c3nc(-c4ccccc4)nc(-c4ccccc4)n3)cc2-c2cccc(-c3cc(-c4nc(-c5ccccc5)nc(-c5ccccc5)n4)ccc3-n3c4ccc(-c5ccc(C)cc5C)cc4c4cc(-c5ccc(C)cc5C)ccc43)c2)c(C)c1. The highest BCUT2D eigenvalue weighted by molar-refractivity contribution is 6.14. The number of fused-ring (bicyclic) bond motifs is 6. The third-order valence-electron chi connectivity index (χ3n) is 22.2. The van der Waals surface area contributed by atoms with E-state index in [0.29, 0.717) is 34.9 Å². The highest BCUT2D eigenvalue weighted by Crippen LogP contribution is 2.46. The maximum absolute atomic E-state index is 5.39. The molecule has 0 amide bonds. The van der Waals surface area contributed by atoms with Crippen LogP contribution in [0.4, 0.5) is 0 Å². The molecule has 0 saturated carbocycles. The number of hydrogen-bond acceptors (Lipinski definition) is 6. The van der Waals surface area contributed by atoms with E-state index in [4.69, 9.17) is 29.9 Å². The summed E-state index contributed by atoms with van der Waals surface area (Å²) in [6.45, 7) is 17.5. The molecule has 0 spiro atoms. The topological polar surface area (TPSA) is 87.2 Å². The first kappa shape index (κ1) is 68.5. The first-order valence-electron chi connectivity index (χ1n) is 38.4. The molecule has 15 aromatic carbocycles. The zero-order valence-corrected chi connectivity index (χ0v) is 63.8. The van der Waals surface area contributed by atoms with Crippen molar-refractivity contribution in [2.75, 3.05) is 0 Å². The van der Waals surface area contributed by atoms with Crippen molar-refractivity contribution in [2.45, 2.75) is 55.4 Å². The fourth-order valence-electron chi connectivity index (χ4n) is 16.7. The van der Waals surface area contributed by atoms with Crippen molar-refractivity contribution in [1.29, 1.82) is 0 Å². The van der Waals surface area contributed by atoms with E-state index in [0.717, 1.165) is 133 Å². The molecule has 0 unspecified atom stereocenters. The summed E-state index contributed by atoms with van der Waals surface area (Å²) in [5.41, 5.74) is 34.8. The van der Waals surface area contributed by atoms with Crippen LogP contribution in [-0.4, -0.2) is 39.0 Å². The summed E-state index contributed by atoms with van der Waals surface area (Å²) in [6.07, 6.45) is 0. The minimum atomic E-state index is 0.556. The number of nitrogens with zero attached hydrogens (tertiary/aromatic N) is 8. The van der Waals surface area contributed by atoms with E-state index in [1.54, 1.807) is 0 Å². The van der Waals surface area contributed by atoms with Gasteiger partial charge in [0.25, 0.3) is 0 Å². The normalized spacial score (nSPS) is 11.6. The van der Waals surface area contributed by atoms with Gasteiger partial charge >= 0.3 is 0 Å². The maximum Gasteiger partial charge on any atom is 0.164 e. The van der Waals surface area contributed by atoms with E-state index >= 15 is 0 Å². The number of aromatic nitrogens is 8. The van der Waals surface area contributed by atoms with Crippen LogP contribution in [-0.2, 0) is 0 Å². The van der Waals surface area contributed by atoms with Gasteiger partial charge in [0.2, 0.25) is 0 Å². The van der Waals surface area contributed by atoms with Crippen molar-refractivity contribution >= 4 is 43.6 Å². The average Bonchev–Trinajstić information content (AvgIpc) is 1.56. The zero-order chi connectivity index (χ0) is 75.8. The Morgan fingerprint density at radius 3 is 0.661 bits per heavy atom. The minimum Gasteiger partial charge on any atom is -0.309 e. The molecule has 0 aliphatic carbocycles. The molecular weight excluding hydrogens is 1360 g/mol. The molecule has 8 heteroatoms. The molecule has 0 saturated heterocycles. The summed E-state index contributed by atoms with van der Waals surface area (Å²) >= 11 is 0. The molecule has 0 aliphatic heterocycles. The van der Waals surface area contributed by atoms with Crippen molar-refractivity contribution in [3.05, 3.63) is 372 Å². The Hall–Kier alpha value is -14.1. The van der Waals surface area contributed by atoms with E-state index in [1.165, 1.54) is 66.8 Å². The van der Waals surface area contributed by atoms with Gasteiger partial charge in [0.1, 0.15) is 0 Å². The van der Waals surface area contributed by atoms with Crippen LogP contribution in [0.1, 0.15) is 44.5 Å². The van der Waals surface area contributed by atoms with Gasteiger partial charge < -0.3 is 9.13 Å². The summed E-state index contributed by atoms with van der Waals surface area (Å²) in [5.74, 6) is 3.46. The predicted molar refractivity (Wildman–Crippen MR) is 465 cm³/mol. The number of rotatable bonds is 14. The van der Waals surface area contributed by atoms with Gasteiger partial charge in [-0.1, -0.05) is 259 Å². The quantitative estimate of drug-likeness (QED) is 0.108. The first-order valence-corrected chi connectivity index (χ1v) is 38.4. The third kappa shape index (κ3) is 12.6. The Morgan fingerprint density at radius 2 is 0.402 bits per heavy atom. The molecule has 0 fully saturated rings. The highest BCUT2D eigenvalue weighted by atomic mass is 15.1. The Labute approximate surface area is 652 Å². The summed E-state index contributed by atoms with van der Waals surface area (Å²) in [4.78, 5) is 31.9. The highest BCUT2D eigenvalue weighted by Gasteiger charge is 2.25. The van der Waals surface area contributed by atoms with Gasteiger partial charge in [0.15, 0.2) is 34.9 Å². The lowest BCUT2D eigenvalue weighted by Crippen LogP contribution is -2.02. The maximum atomic E-state index is 5.39. The van der Waals surface area contributed by atoms with Crippen LogP contribution in [0.5, 0.6) is 0 Å². The standard InChI is InChI=1S/C104H78N8/c1-63-32-42-83(67(5)52-63)77-36-46-95-89(57-77)90-58-78(84-43-33-64(2)53-68(84)6)37-47-96(90)111(95)93-50-40-81(103-107-99(71-22-13-9-14-23-71)105-100(108-103)72-24-15-10-16-25-72)61-87(93)75-30-21-31-76(56-75)88-62-82(104-109-101(73-26-17-11-18-27-73)106-102(110-104)74-28-19-12-20-29-74)41-51-94(88)112-97-48-38-79(85-44-34-65(3)54-69(85)7)59-91(97)92-60-80(39-49-98(92)112)86-45-35-66(4)55-70(86)8/h9-62H,1-8H3. The molecule has 0 radical (unpaired) electrons. The van der Waals surface area contributed by atoms with Crippen molar-refractivity contribution < 1.29 is 0 Å². The molecule has 4 heterocycles. The van der Waals surface area contributed by atoms with Crippen LogP contribution < -0.4 is 0 Å². The molecule has 0 N–H and O–H groups in total. The number of aryl methyl sites for hydroxylation is 8. The smallest absolute Gasteiger partial charge is 0.164 e. The second-order valence-electron chi connectivity index (χ2n) is 30.0. The zero-order valence-electron chi connectivity index (χ0n) is 63.8. The van der Waals surface area contributed by atoms with E-state index in [2.05, 4.69) is 319 Å². The average molecular weight is 1440 g/mol. The molecule has 19 rings (SSSR count). The van der Waals surface area contributed by atoms with Gasteiger partial charge in [-0.05, 0) is 224 Å². The molecule has 0 bridgehead atoms. The van der Waals surface area contributed by atoms with E-state index in [1.807, 2.05) is 72.8 Å². The molecule has 0 atom stereocenters. The van der Waals surface area contributed by atoms with Crippen LogP contribution in [0.15, 0.2) is 328 Å². The van der Waals surface area contributed by atoms with Crippen LogP contribution in [0.3, 0.4) is 0 Å². The van der Waals surface area contributed by atoms with Crippen molar-refractivity contribution in [3.8, 4) is 146 Å². The molecule has 112 heavy (non-hydrogen) atoms. The Kier molecular flexibility index (Phi) is 17.2. The largest absolute Gasteiger partial charge is 0.309 e. The van der Waals surface area contributed by atoms with Gasteiger partial charge in [-0.2, -0.15) is 0 Å². The first-order chi connectivity index (χ1) is 54.7. The summed E-state index contributed by atoms with van der Waals surface area (Å²) in [7, 11) is 0. The molecule has 4 aromatic heterocycles. The van der Waals surface area contributed by atoms with Crippen molar-refractivity contribution in [2.24, 2.45) is 0 Å². The lowest BCUT2D eigenvalue weighted by Gasteiger charge is -2.19. The third-order valence-corrected chi connectivity index (χ3v) is 22.2. The van der Waals surface area contributed by atoms with E-state index in [9.17, 15) is 0 Å². The number of benzene rings is 15. The molecule has 19 aromatic rings. The lowest BCUT2D eigenvalue weighted by atomic mass is 9.94. The fourth-order valence-corrected chi connectivity index (χ4v) is 16.7. The van der Waals surface area contributed by atoms with Crippen LogP contribution in [0.25, 0.3) is 190 Å². The van der Waals surface area contributed by atoms with Gasteiger partial charge in [-0.25, -0.2) is 29.9 Å². The van der Waals surface area contributed by atoms with E-state index < -0.39 is 0 Å². The van der Waals surface area contributed by atoms with Crippen LogP contribution in [0, 0.1) is 55.4 Å². The number of hydrogen-bond donors (Lipinski definition) is 0. The van der Waals surface area contributed by atoms with Gasteiger partial charge in [0, 0.05) is 66.1 Å². The van der Waals surface area contributed by atoms with Gasteiger partial charge in [-0.15, -0.1) is 0 Å². The van der Waals surface area contributed by atoms with Crippen LogP contribution in [0.2, 0.25) is 0 Å². The van der Waals surface area contributed by atoms with Crippen molar-refractivity contribution in [3.63, 3.8) is 0 Å². The lowest BCUT2D eigenvalue weighted by molar-refractivity contribution is 1.07. The molecular formula is C104H78N8. The van der Waals surface area contributed by atoms with Gasteiger partial charge in [0.05, 0.1) is 33.4 Å². The van der Waals surface area contributed by atoms with E-state index in [-0.39, 0.29) is 0 Å². The van der Waals surface area contributed by atoms with Crippen molar-refractivity contribution in [1.82, 2.24) is 39.0 Å². The van der Waals surface area contributed by atoms with Crippen LogP contribution >= 0.6 is 0 Å². The molecule has 0 aliphatic rings. The fraction of sp³-hybridized carbons (Fsp3) is 0.0769.